The molecular weight excluding hydrogens is 228 g/mol. The number of aromatic hydroxyl groups is 1. The van der Waals surface area contributed by atoms with Crippen LogP contribution in [-0.2, 0) is 4.79 Å². The number of phenols is 1. The number of rotatable bonds is 2. The summed E-state index contributed by atoms with van der Waals surface area (Å²) in [4.78, 5) is 30.3. The summed E-state index contributed by atoms with van der Waals surface area (Å²) < 4.78 is 0. The second kappa shape index (κ2) is 6.26. The van der Waals surface area contributed by atoms with Gasteiger partial charge >= 0.3 is 11.9 Å². The Hall–Kier alpha value is -2.37. The van der Waals surface area contributed by atoms with Gasteiger partial charge in [0.25, 0.3) is 0 Å². The first-order valence-corrected chi connectivity index (χ1v) is 4.52. The molecule has 0 aromatic heterocycles. The van der Waals surface area contributed by atoms with Gasteiger partial charge in [0.2, 0.25) is 0 Å². The number of phenolic OH excluding ortho intramolecular Hbond substituents is 1. The van der Waals surface area contributed by atoms with Crippen molar-refractivity contribution in [1.82, 2.24) is 0 Å². The van der Waals surface area contributed by atoms with Crippen LogP contribution in [0.5, 0.6) is 5.75 Å². The summed E-state index contributed by atoms with van der Waals surface area (Å²) >= 11 is 0. The first-order valence-electron chi connectivity index (χ1n) is 4.52. The second-order valence-corrected chi connectivity index (χ2v) is 3.29. The number of carboxylic acid groups (broad SMARTS) is 2. The molecule has 0 fully saturated rings. The van der Waals surface area contributed by atoms with Crippen LogP contribution < -0.4 is 0 Å². The molecule has 17 heavy (non-hydrogen) atoms. The van der Waals surface area contributed by atoms with Crippen molar-refractivity contribution >= 4 is 17.7 Å². The molecule has 1 aromatic rings. The van der Waals surface area contributed by atoms with Gasteiger partial charge in [-0.15, -0.1) is 0 Å². The van der Waals surface area contributed by atoms with Gasteiger partial charge in [-0.3, -0.25) is 0 Å². The van der Waals surface area contributed by atoms with Crippen molar-refractivity contribution in [2.45, 2.75) is 13.8 Å². The van der Waals surface area contributed by atoms with Gasteiger partial charge < -0.3 is 20.1 Å². The lowest BCUT2D eigenvalue weighted by molar-refractivity contribution is -0.115. The maximum absolute atomic E-state index is 10.4. The Bertz CT molecular complexity index is 413. The van der Waals surface area contributed by atoms with Crippen LogP contribution in [0.25, 0.3) is 0 Å². The van der Waals surface area contributed by atoms with Crippen LogP contribution in [0.2, 0.25) is 0 Å². The highest BCUT2D eigenvalue weighted by Crippen LogP contribution is 2.15. The fraction of sp³-hybridized carbons (Fsp3) is 0.182. The minimum Gasteiger partial charge on any atom is -0.508 e. The van der Waals surface area contributed by atoms with E-state index in [2.05, 4.69) is 0 Å². The Labute approximate surface area is 97.1 Å². The second-order valence-electron chi connectivity index (χ2n) is 3.29. The summed E-state index contributed by atoms with van der Waals surface area (Å²) in [6.07, 6.45) is 0. The zero-order valence-corrected chi connectivity index (χ0v) is 9.30. The summed E-state index contributed by atoms with van der Waals surface area (Å²) in [7, 11) is 0. The Balaban J connectivity index is 0.000000557. The molecule has 3 N–H and O–H groups in total. The van der Waals surface area contributed by atoms with Gasteiger partial charge in [0.15, 0.2) is 0 Å². The highest BCUT2D eigenvalue weighted by Gasteiger charge is 2.10. The molecule has 0 amide bonds. The van der Waals surface area contributed by atoms with Gasteiger partial charge in [0.1, 0.15) is 11.5 Å². The maximum Gasteiger partial charge on any atom is 0.335 e. The molecule has 0 saturated heterocycles. The minimum absolute atomic E-state index is 0.167. The van der Waals surface area contributed by atoms with E-state index in [9.17, 15) is 14.4 Å². The third-order valence-corrected chi connectivity index (χ3v) is 1.41. The normalized spacial score (nSPS) is 8.82. The van der Waals surface area contributed by atoms with E-state index in [4.69, 9.17) is 15.3 Å². The lowest BCUT2D eigenvalue weighted by Gasteiger charge is -1.98. The summed E-state index contributed by atoms with van der Waals surface area (Å²) in [5.74, 6) is -2.77. The van der Waals surface area contributed by atoms with Gasteiger partial charge in [-0.2, -0.15) is 0 Å². The van der Waals surface area contributed by atoms with Crippen molar-refractivity contribution in [3.8, 4) is 5.75 Å². The third-order valence-electron chi connectivity index (χ3n) is 1.41. The average Bonchev–Trinajstić information content (AvgIpc) is 2.15. The summed E-state index contributed by atoms with van der Waals surface area (Å²) in [6, 6.07) is 2.94. The van der Waals surface area contributed by atoms with Gasteiger partial charge in [0, 0.05) is 0 Å². The van der Waals surface area contributed by atoms with Crippen LogP contribution >= 0.6 is 0 Å². The molecule has 0 spiro atoms. The third kappa shape index (κ3) is 5.93. The number of Topliss-reactive ketones (excluding diaryl/α,β-unsaturated/α-hetero) is 1. The topological polar surface area (TPSA) is 112 Å². The molecule has 0 aliphatic carbocycles. The first-order chi connectivity index (χ1) is 7.73. The zero-order valence-electron chi connectivity index (χ0n) is 9.30. The number of ketones is 1. The van der Waals surface area contributed by atoms with Gasteiger partial charge in [0.05, 0.1) is 11.1 Å². The number of carbonyl (C=O) groups is 3. The number of hydrogen-bond acceptors (Lipinski definition) is 4. The molecule has 0 atom stereocenters. The first kappa shape index (κ1) is 14.6. The van der Waals surface area contributed by atoms with Crippen LogP contribution in [-0.4, -0.2) is 33.0 Å². The van der Waals surface area contributed by atoms with Crippen molar-refractivity contribution in [1.29, 1.82) is 0 Å². The fourth-order valence-electron chi connectivity index (χ4n) is 0.858. The standard InChI is InChI=1S/C8H6O5.C3H6O/c9-6-2-4(7(10)11)1-5(3-6)8(12)13;1-3(2)4/h1-3,9H,(H,10,11)(H,12,13);1-2H3. The molecule has 6 nitrogen and oxygen atoms in total. The monoisotopic (exact) mass is 240 g/mol. The van der Waals surface area contributed by atoms with Crippen LogP contribution in [0.1, 0.15) is 34.6 Å². The Morgan fingerprint density at radius 2 is 1.18 bits per heavy atom. The van der Waals surface area contributed by atoms with Crippen LogP contribution in [0.4, 0.5) is 0 Å². The van der Waals surface area contributed by atoms with E-state index in [-0.39, 0.29) is 22.7 Å². The average molecular weight is 240 g/mol. The summed E-state index contributed by atoms with van der Waals surface area (Å²) in [6.45, 7) is 3.06. The molecule has 0 heterocycles. The van der Waals surface area contributed by atoms with E-state index in [1.54, 1.807) is 0 Å². The molecule has 0 aliphatic rings. The van der Waals surface area contributed by atoms with Crippen molar-refractivity contribution in [3.63, 3.8) is 0 Å². The van der Waals surface area contributed by atoms with E-state index < -0.39 is 11.9 Å². The van der Waals surface area contributed by atoms with E-state index >= 15 is 0 Å². The molecule has 0 bridgehead atoms. The van der Waals surface area contributed by atoms with Gasteiger partial charge in [-0.05, 0) is 32.0 Å². The Morgan fingerprint density at radius 3 is 1.41 bits per heavy atom. The molecule has 0 aliphatic heterocycles. The number of aromatic carboxylic acids is 2. The van der Waals surface area contributed by atoms with E-state index in [1.165, 1.54) is 13.8 Å². The van der Waals surface area contributed by atoms with Crippen molar-refractivity contribution in [3.05, 3.63) is 29.3 Å². The van der Waals surface area contributed by atoms with Gasteiger partial charge in [-0.1, -0.05) is 0 Å². The zero-order chi connectivity index (χ0) is 13.6. The molecule has 0 unspecified atom stereocenters. The molecule has 0 saturated carbocycles. The van der Waals surface area contributed by atoms with Crippen molar-refractivity contribution in [2.75, 3.05) is 0 Å². The van der Waals surface area contributed by atoms with E-state index in [0.29, 0.717) is 0 Å². The van der Waals surface area contributed by atoms with Crippen molar-refractivity contribution < 1.29 is 29.7 Å². The minimum atomic E-state index is -1.28. The number of hydrogen-bond donors (Lipinski definition) is 3. The van der Waals surface area contributed by atoms with Crippen LogP contribution in [0.3, 0.4) is 0 Å². The molecule has 92 valence electrons. The predicted molar refractivity (Wildman–Crippen MR) is 58.4 cm³/mol. The number of carboxylic acids is 2. The lowest BCUT2D eigenvalue weighted by Crippen LogP contribution is -2.01. The number of benzene rings is 1. The number of carbonyl (C=O) groups excluding carboxylic acids is 1. The van der Waals surface area contributed by atoms with Crippen molar-refractivity contribution in [2.24, 2.45) is 0 Å². The van der Waals surface area contributed by atoms with Gasteiger partial charge in [-0.25, -0.2) is 9.59 Å². The fourth-order valence-corrected chi connectivity index (χ4v) is 0.858. The molecule has 1 aromatic carbocycles. The van der Waals surface area contributed by atoms with Crippen LogP contribution in [0.15, 0.2) is 18.2 Å². The molecule has 6 heteroatoms. The largest absolute Gasteiger partial charge is 0.508 e. The smallest absolute Gasteiger partial charge is 0.335 e. The summed E-state index contributed by atoms with van der Waals surface area (Å²) in [5.41, 5.74) is -0.505. The predicted octanol–water partition coefficient (Wildman–Crippen LogP) is 1.38. The van der Waals surface area contributed by atoms with E-state index in [1.807, 2.05) is 0 Å². The Morgan fingerprint density at radius 1 is 0.882 bits per heavy atom. The molecular formula is C11H12O6. The van der Waals surface area contributed by atoms with Crippen LogP contribution in [0, 0.1) is 0 Å². The summed E-state index contributed by atoms with van der Waals surface area (Å²) in [5, 5.41) is 26.0. The lowest BCUT2D eigenvalue weighted by atomic mass is 10.1. The molecule has 0 radical (unpaired) electrons. The highest BCUT2D eigenvalue weighted by molar-refractivity contribution is 5.94. The quantitative estimate of drug-likeness (QED) is 0.720. The Kier molecular flexibility index (Phi) is 5.39. The van der Waals surface area contributed by atoms with E-state index in [0.717, 1.165) is 18.2 Å². The molecule has 1 rings (SSSR count). The SMILES string of the molecule is CC(C)=O.O=C(O)c1cc(O)cc(C(=O)O)c1. The maximum atomic E-state index is 10.4. The highest BCUT2D eigenvalue weighted by atomic mass is 16.4.